The summed E-state index contributed by atoms with van der Waals surface area (Å²) in [6.07, 6.45) is -0.195. The van der Waals surface area contributed by atoms with Gasteiger partial charge in [0.15, 0.2) is 0 Å². The maximum atomic E-state index is 15.1. The fourth-order valence-corrected chi connectivity index (χ4v) is 3.96. The maximum absolute atomic E-state index is 15.1. The lowest BCUT2D eigenvalue weighted by Gasteiger charge is -2.10. The largest absolute Gasteiger partial charge is 0.492 e. The van der Waals surface area contributed by atoms with E-state index in [-0.39, 0.29) is 5.82 Å². The van der Waals surface area contributed by atoms with Crippen molar-refractivity contribution in [3.05, 3.63) is 107 Å². The monoisotopic (exact) mass is 467 g/mol. The third-order valence-electron chi connectivity index (χ3n) is 5.84. The molecule has 2 nitrogen and oxygen atoms in total. The average molecular weight is 468 g/mol. The first-order valence-corrected chi connectivity index (χ1v) is 11.3. The van der Waals surface area contributed by atoms with Gasteiger partial charge in [-0.05, 0) is 78.9 Å². The van der Waals surface area contributed by atoms with Gasteiger partial charge in [-0.1, -0.05) is 42.5 Å². The second-order valence-electron chi connectivity index (χ2n) is 8.21. The van der Waals surface area contributed by atoms with Crippen LogP contribution >= 0.6 is 0 Å². The van der Waals surface area contributed by atoms with E-state index in [1.807, 2.05) is 37.3 Å². The lowest BCUT2D eigenvalue weighted by atomic mass is 9.97. The third-order valence-corrected chi connectivity index (χ3v) is 5.84. The van der Waals surface area contributed by atoms with Gasteiger partial charge < -0.3 is 4.74 Å². The van der Waals surface area contributed by atoms with Crippen molar-refractivity contribution >= 4 is 10.8 Å². The molecule has 0 aliphatic heterocycles. The Bertz CT molecular complexity index is 1250. The Labute approximate surface area is 196 Å². The van der Waals surface area contributed by atoms with E-state index in [2.05, 4.69) is 4.98 Å². The molecule has 0 N–H and O–H groups in total. The number of ether oxygens (including phenoxy) is 1. The average Bonchev–Trinajstić information content (AvgIpc) is 2.83. The number of aromatic nitrogens is 1. The smallest absolute Gasteiger partial charge is 0.416 e. The van der Waals surface area contributed by atoms with Crippen molar-refractivity contribution in [1.82, 2.24) is 4.98 Å². The molecule has 176 valence electrons. The van der Waals surface area contributed by atoms with Crippen LogP contribution in [0.5, 0.6) is 5.75 Å². The van der Waals surface area contributed by atoms with Crippen LogP contribution in [0.25, 0.3) is 10.8 Å². The molecule has 0 saturated heterocycles. The summed E-state index contributed by atoms with van der Waals surface area (Å²) in [5.41, 5.74) is 2.68. The topological polar surface area (TPSA) is 22.1 Å². The molecule has 0 aliphatic carbocycles. The quantitative estimate of drug-likeness (QED) is 0.253. The van der Waals surface area contributed by atoms with Gasteiger partial charge in [-0.2, -0.15) is 13.2 Å². The van der Waals surface area contributed by atoms with Crippen molar-refractivity contribution in [3.63, 3.8) is 0 Å². The van der Waals surface area contributed by atoms with Gasteiger partial charge in [0, 0.05) is 11.1 Å². The molecule has 0 bridgehead atoms. The maximum Gasteiger partial charge on any atom is 0.416 e. The number of hydrogen-bond acceptors (Lipinski definition) is 2. The molecular formula is C28H25F4NO. The molecule has 0 saturated carbocycles. The Morgan fingerprint density at radius 3 is 2.21 bits per heavy atom. The highest BCUT2D eigenvalue weighted by Crippen LogP contribution is 2.29. The number of nitrogens with zero attached hydrogens (tertiary/aromatic N) is 1. The van der Waals surface area contributed by atoms with Crippen LogP contribution in [0.4, 0.5) is 17.6 Å². The van der Waals surface area contributed by atoms with E-state index in [1.165, 1.54) is 12.1 Å². The van der Waals surface area contributed by atoms with Crippen LogP contribution in [-0.2, 0) is 31.9 Å². The molecule has 0 spiro atoms. The normalized spacial score (nSPS) is 11.7. The zero-order valence-electron chi connectivity index (χ0n) is 18.8. The van der Waals surface area contributed by atoms with Gasteiger partial charge in [0.2, 0.25) is 0 Å². The molecular weight excluding hydrogens is 442 g/mol. The summed E-state index contributed by atoms with van der Waals surface area (Å²) in [5, 5.41) is 1.38. The summed E-state index contributed by atoms with van der Waals surface area (Å²) >= 11 is 0. The number of pyridine rings is 1. The van der Waals surface area contributed by atoms with E-state index < -0.39 is 11.7 Å². The van der Waals surface area contributed by atoms with Gasteiger partial charge in [0.1, 0.15) is 11.6 Å². The Balaban J connectivity index is 1.41. The number of aryl methyl sites for hydroxylation is 4. The predicted molar refractivity (Wildman–Crippen MR) is 126 cm³/mol. The lowest BCUT2D eigenvalue weighted by molar-refractivity contribution is -0.137. The summed E-state index contributed by atoms with van der Waals surface area (Å²) in [6, 6.07) is 18.3. The number of rotatable bonds is 8. The first-order chi connectivity index (χ1) is 16.3. The third kappa shape index (κ3) is 5.74. The summed E-state index contributed by atoms with van der Waals surface area (Å²) in [6.45, 7) is 2.53. The van der Waals surface area contributed by atoms with Crippen LogP contribution in [0, 0.1) is 5.82 Å². The molecule has 1 heterocycles. The van der Waals surface area contributed by atoms with Gasteiger partial charge in [-0.3, -0.25) is 4.98 Å². The van der Waals surface area contributed by atoms with Crippen molar-refractivity contribution in [2.45, 2.75) is 38.8 Å². The van der Waals surface area contributed by atoms with Crippen LogP contribution in [-0.4, -0.2) is 11.6 Å². The highest BCUT2D eigenvalue weighted by atomic mass is 19.4. The fourth-order valence-electron chi connectivity index (χ4n) is 3.96. The Morgan fingerprint density at radius 1 is 0.794 bits per heavy atom. The number of benzene rings is 3. The second-order valence-corrected chi connectivity index (χ2v) is 8.21. The standard InChI is InChI=1S/C28H25F4NO/c1-2-34-25-15-14-24(33-18-25)13-6-20-7-16-26-22(17-20)10-9-21(27(26)29)8-3-19-4-11-23(12-5-19)28(30,31)32/h4-5,7,9-12,14-18H,2-3,6,8,13H2,1H3. The molecule has 0 unspecified atom stereocenters. The van der Waals surface area contributed by atoms with Gasteiger partial charge in [-0.15, -0.1) is 0 Å². The molecule has 0 fully saturated rings. The Morgan fingerprint density at radius 2 is 1.53 bits per heavy atom. The Kier molecular flexibility index (Phi) is 7.15. The summed E-state index contributed by atoms with van der Waals surface area (Å²) < 4.78 is 58.7. The zero-order chi connectivity index (χ0) is 24.1. The first kappa shape index (κ1) is 23.7. The van der Waals surface area contributed by atoms with E-state index in [1.54, 1.807) is 18.3 Å². The van der Waals surface area contributed by atoms with Crippen molar-refractivity contribution in [2.24, 2.45) is 0 Å². The fraction of sp³-hybridized carbons (Fsp3) is 0.250. The van der Waals surface area contributed by atoms with Crippen LogP contribution < -0.4 is 4.74 Å². The molecule has 0 radical (unpaired) electrons. The Hall–Kier alpha value is -3.41. The highest BCUT2D eigenvalue weighted by Gasteiger charge is 2.29. The summed E-state index contributed by atoms with van der Waals surface area (Å²) in [5.74, 6) is 0.477. The minimum absolute atomic E-state index is 0.274. The van der Waals surface area contributed by atoms with Crippen molar-refractivity contribution in [2.75, 3.05) is 6.61 Å². The van der Waals surface area contributed by atoms with Crippen LogP contribution in [0.1, 0.15) is 34.9 Å². The number of alkyl halides is 3. The SMILES string of the molecule is CCOc1ccc(CCc2ccc3c(F)c(CCc4ccc(C(F)(F)F)cc4)ccc3c2)nc1. The van der Waals surface area contributed by atoms with Crippen LogP contribution in [0.15, 0.2) is 72.9 Å². The molecule has 6 heteroatoms. The van der Waals surface area contributed by atoms with Gasteiger partial charge in [0.25, 0.3) is 0 Å². The van der Waals surface area contributed by atoms with Crippen LogP contribution in [0.2, 0.25) is 0 Å². The summed E-state index contributed by atoms with van der Waals surface area (Å²) in [4.78, 5) is 4.42. The van der Waals surface area contributed by atoms with Crippen molar-refractivity contribution in [1.29, 1.82) is 0 Å². The van der Waals surface area contributed by atoms with Gasteiger partial charge in [-0.25, -0.2) is 4.39 Å². The van der Waals surface area contributed by atoms with E-state index in [4.69, 9.17) is 4.74 Å². The molecule has 3 aromatic carbocycles. The van der Waals surface area contributed by atoms with Crippen molar-refractivity contribution < 1.29 is 22.3 Å². The molecule has 0 aliphatic rings. The second kappa shape index (κ2) is 10.2. The molecule has 34 heavy (non-hydrogen) atoms. The first-order valence-electron chi connectivity index (χ1n) is 11.3. The molecule has 0 amide bonds. The van der Waals surface area contributed by atoms with E-state index in [0.29, 0.717) is 30.4 Å². The zero-order valence-corrected chi connectivity index (χ0v) is 18.8. The van der Waals surface area contributed by atoms with E-state index in [0.717, 1.165) is 52.9 Å². The number of fused-ring (bicyclic) bond motifs is 1. The molecule has 4 rings (SSSR count). The van der Waals surface area contributed by atoms with Crippen molar-refractivity contribution in [3.8, 4) is 5.75 Å². The predicted octanol–water partition coefficient (Wildman–Crippen LogP) is 7.36. The molecule has 1 aromatic heterocycles. The number of hydrogen-bond donors (Lipinski definition) is 0. The molecule has 4 aromatic rings. The van der Waals surface area contributed by atoms with E-state index in [9.17, 15) is 13.2 Å². The number of halogens is 4. The minimum atomic E-state index is -4.35. The summed E-state index contributed by atoms with van der Waals surface area (Å²) in [7, 11) is 0. The molecule has 0 atom stereocenters. The highest BCUT2D eigenvalue weighted by molar-refractivity contribution is 5.84. The van der Waals surface area contributed by atoms with Gasteiger partial charge >= 0.3 is 6.18 Å². The minimum Gasteiger partial charge on any atom is -0.492 e. The van der Waals surface area contributed by atoms with E-state index >= 15 is 4.39 Å². The van der Waals surface area contributed by atoms with Crippen LogP contribution in [0.3, 0.4) is 0 Å². The van der Waals surface area contributed by atoms with Gasteiger partial charge in [0.05, 0.1) is 18.4 Å². The lowest BCUT2D eigenvalue weighted by Crippen LogP contribution is -2.04.